The van der Waals surface area contributed by atoms with Crippen molar-refractivity contribution in [3.63, 3.8) is 0 Å². The van der Waals surface area contributed by atoms with Crippen LogP contribution in [0.3, 0.4) is 0 Å². The maximum Gasteiger partial charge on any atom is 0.323 e. The van der Waals surface area contributed by atoms with Gasteiger partial charge >= 0.3 is 6.01 Å². The van der Waals surface area contributed by atoms with Gasteiger partial charge in [0.2, 0.25) is 11.9 Å². The molecule has 0 bridgehead atoms. The Bertz CT molecular complexity index is 384. The molecule has 94 valence electrons. The number of nitrogens with two attached hydrogens (primary N) is 1. The van der Waals surface area contributed by atoms with Crippen LogP contribution in [0.1, 0.15) is 26.7 Å². The van der Waals surface area contributed by atoms with E-state index in [1.165, 1.54) is 12.8 Å². The molecule has 1 aromatic heterocycles. The van der Waals surface area contributed by atoms with E-state index in [1.54, 1.807) is 0 Å². The SMILES string of the molecule is CCOc1nc(N)nc(N2CCC(CC)C2)n1. The fourth-order valence-corrected chi connectivity index (χ4v) is 2.04. The lowest BCUT2D eigenvalue weighted by Crippen LogP contribution is -2.23. The van der Waals surface area contributed by atoms with Crippen molar-refractivity contribution in [3.05, 3.63) is 0 Å². The molecular formula is C11H19N5O. The first-order valence-electron chi connectivity index (χ1n) is 6.12. The second-order valence-corrected chi connectivity index (χ2v) is 4.22. The normalized spacial score (nSPS) is 19.6. The Morgan fingerprint density at radius 1 is 1.35 bits per heavy atom. The first kappa shape index (κ1) is 11.9. The van der Waals surface area contributed by atoms with Crippen LogP contribution in [0.2, 0.25) is 0 Å². The molecule has 1 atom stereocenters. The molecule has 1 saturated heterocycles. The van der Waals surface area contributed by atoms with Gasteiger partial charge in [-0.1, -0.05) is 13.3 Å². The average Bonchev–Trinajstić information content (AvgIpc) is 2.77. The molecule has 0 aromatic carbocycles. The van der Waals surface area contributed by atoms with Gasteiger partial charge in [0.1, 0.15) is 0 Å². The van der Waals surface area contributed by atoms with Gasteiger partial charge in [0.05, 0.1) is 6.61 Å². The van der Waals surface area contributed by atoms with Crippen LogP contribution in [0.15, 0.2) is 0 Å². The lowest BCUT2D eigenvalue weighted by molar-refractivity contribution is 0.312. The summed E-state index contributed by atoms with van der Waals surface area (Å²) in [6, 6.07) is 0.315. The Hall–Kier alpha value is -1.59. The van der Waals surface area contributed by atoms with Crippen LogP contribution in [-0.4, -0.2) is 34.6 Å². The Kier molecular flexibility index (Phi) is 3.61. The van der Waals surface area contributed by atoms with Crippen molar-refractivity contribution in [3.8, 4) is 6.01 Å². The van der Waals surface area contributed by atoms with E-state index in [2.05, 4.69) is 26.8 Å². The molecule has 1 unspecified atom stereocenters. The molecule has 2 heterocycles. The zero-order chi connectivity index (χ0) is 12.3. The molecule has 2 rings (SSSR count). The molecule has 1 fully saturated rings. The lowest BCUT2D eigenvalue weighted by Gasteiger charge is -2.16. The van der Waals surface area contributed by atoms with Gasteiger partial charge in [-0.2, -0.15) is 15.0 Å². The molecule has 0 amide bonds. The molecule has 6 heteroatoms. The van der Waals surface area contributed by atoms with Crippen LogP contribution >= 0.6 is 0 Å². The standard InChI is InChI=1S/C11H19N5O/c1-3-8-5-6-16(7-8)10-13-9(12)14-11(15-10)17-4-2/h8H,3-7H2,1-2H3,(H2,12,13,14,15). The maximum atomic E-state index is 5.66. The second-order valence-electron chi connectivity index (χ2n) is 4.22. The van der Waals surface area contributed by atoms with Gasteiger partial charge in [-0.25, -0.2) is 0 Å². The molecule has 17 heavy (non-hydrogen) atoms. The monoisotopic (exact) mass is 237 g/mol. The van der Waals surface area contributed by atoms with Crippen LogP contribution in [0.4, 0.5) is 11.9 Å². The highest BCUT2D eigenvalue weighted by Crippen LogP contribution is 2.24. The van der Waals surface area contributed by atoms with E-state index in [1.807, 2.05) is 6.92 Å². The highest BCUT2D eigenvalue weighted by molar-refractivity contribution is 5.37. The van der Waals surface area contributed by atoms with Crippen molar-refractivity contribution < 1.29 is 4.74 Å². The number of hydrogen-bond acceptors (Lipinski definition) is 6. The molecule has 0 radical (unpaired) electrons. The number of hydrogen-bond donors (Lipinski definition) is 1. The van der Waals surface area contributed by atoms with E-state index in [4.69, 9.17) is 10.5 Å². The number of rotatable bonds is 4. The van der Waals surface area contributed by atoms with E-state index in [0.717, 1.165) is 19.0 Å². The Balaban J connectivity index is 2.15. The molecule has 1 aliphatic heterocycles. The minimum atomic E-state index is 0.221. The lowest BCUT2D eigenvalue weighted by atomic mass is 10.1. The van der Waals surface area contributed by atoms with Crippen LogP contribution < -0.4 is 15.4 Å². The highest BCUT2D eigenvalue weighted by Gasteiger charge is 2.23. The summed E-state index contributed by atoms with van der Waals surface area (Å²) in [6.45, 7) is 6.60. The van der Waals surface area contributed by atoms with Gasteiger partial charge < -0.3 is 15.4 Å². The van der Waals surface area contributed by atoms with Crippen molar-refractivity contribution in [1.29, 1.82) is 0 Å². The molecule has 2 N–H and O–H groups in total. The zero-order valence-corrected chi connectivity index (χ0v) is 10.4. The summed E-state index contributed by atoms with van der Waals surface area (Å²) in [5, 5.41) is 0. The summed E-state index contributed by atoms with van der Waals surface area (Å²) in [5.74, 6) is 1.58. The van der Waals surface area contributed by atoms with E-state index in [9.17, 15) is 0 Å². The smallest absolute Gasteiger partial charge is 0.323 e. The predicted octanol–water partition coefficient (Wildman–Crippen LogP) is 1.09. The summed E-state index contributed by atoms with van der Waals surface area (Å²) in [4.78, 5) is 14.5. The third-order valence-corrected chi connectivity index (χ3v) is 3.04. The number of aromatic nitrogens is 3. The minimum absolute atomic E-state index is 0.221. The third-order valence-electron chi connectivity index (χ3n) is 3.04. The van der Waals surface area contributed by atoms with Gasteiger partial charge in [-0.15, -0.1) is 0 Å². The number of anilines is 2. The molecule has 0 spiro atoms. The summed E-state index contributed by atoms with van der Waals surface area (Å²) in [7, 11) is 0. The summed E-state index contributed by atoms with van der Waals surface area (Å²) >= 11 is 0. The van der Waals surface area contributed by atoms with E-state index in [0.29, 0.717) is 18.6 Å². The van der Waals surface area contributed by atoms with E-state index in [-0.39, 0.29) is 5.95 Å². The van der Waals surface area contributed by atoms with Crippen molar-refractivity contribution >= 4 is 11.9 Å². The Morgan fingerprint density at radius 3 is 2.82 bits per heavy atom. The molecule has 6 nitrogen and oxygen atoms in total. The van der Waals surface area contributed by atoms with Crippen LogP contribution in [0.25, 0.3) is 0 Å². The molecule has 1 aliphatic rings. The summed E-state index contributed by atoms with van der Waals surface area (Å²) in [6.07, 6.45) is 2.38. The van der Waals surface area contributed by atoms with E-state index < -0.39 is 0 Å². The van der Waals surface area contributed by atoms with Crippen molar-refractivity contribution in [2.75, 3.05) is 30.3 Å². The second kappa shape index (κ2) is 5.16. The van der Waals surface area contributed by atoms with Crippen molar-refractivity contribution in [2.45, 2.75) is 26.7 Å². The third kappa shape index (κ3) is 2.75. The molecular weight excluding hydrogens is 218 g/mol. The Labute approximate surface area is 101 Å². The minimum Gasteiger partial charge on any atom is -0.464 e. The highest BCUT2D eigenvalue weighted by atomic mass is 16.5. The van der Waals surface area contributed by atoms with Crippen LogP contribution in [0.5, 0.6) is 6.01 Å². The number of nitrogens with zero attached hydrogens (tertiary/aromatic N) is 4. The van der Waals surface area contributed by atoms with Crippen molar-refractivity contribution in [2.24, 2.45) is 5.92 Å². The molecule has 0 saturated carbocycles. The quantitative estimate of drug-likeness (QED) is 0.844. The summed E-state index contributed by atoms with van der Waals surface area (Å²) in [5.41, 5.74) is 5.66. The fraction of sp³-hybridized carbons (Fsp3) is 0.727. The predicted molar refractivity (Wildman–Crippen MR) is 66.0 cm³/mol. The number of ether oxygens (including phenoxy) is 1. The fourth-order valence-electron chi connectivity index (χ4n) is 2.04. The first-order valence-corrected chi connectivity index (χ1v) is 6.12. The van der Waals surface area contributed by atoms with Crippen molar-refractivity contribution in [1.82, 2.24) is 15.0 Å². The zero-order valence-electron chi connectivity index (χ0n) is 10.4. The molecule has 1 aromatic rings. The topological polar surface area (TPSA) is 77.2 Å². The average molecular weight is 237 g/mol. The van der Waals surface area contributed by atoms with Gasteiger partial charge in [-0.05, 0) is 19.3 Å². The molecule has 0 aliphatic carbocycles. The van der Waals surface area contributed by atoms with Crippen LogP contribution in [0, 0.1) is 5.92 Å². The number of nitrogen functional groups attached to an aromatic ring is 1. The first-order chi connectivity index (χ1) is 8.22. The summed E-state index contributed by atoms with van der Waals surface area (Å²) < 4.78 is 5.27. The van der Waals surface area contributed by atoms with Gasteiger partial charge in [0.15, 0.2) is 0 Å². The van der Waals surface area contributed by atoms with Crippen LogP contribution in [-0.2, 0) is 0 Å². The maximum absolute atomic E-state index is 5.66. The largest absolute Gasteiger partial charge is 0.464 e. The van der Waals surface area contributed by atoms with Gasteiger partial charge in [0, 0.05) is 13.1 Å². The van der Waals surface area contributed by atoms with Gasteiger partial charge in [0.25, 0.3) is 0 Å². The Morgan fingerprint density at radius 2 is 2.18 bits per heavy atom. The van der Waals surface area contributed by atoms with Gasteiger partial charge in [-0.3, -0.25) is 0 Å². The van der Waals surface area contributed by atoms with E-state index >= 15 is 0 Å².